The molecule has 0 aromatic rings. The molecule has 2 bridgehead atoms. The van der Waals surface area contributed by atoms with Crippen molar-refractivity contribution in [3.63, 3.8) is 0 Å². The van der Waals surface area contributed by atoms with Gasteiger partial charge in [0.1, 0.15) is 17.7 Å². The number of rotatable bonds is 16. The van der Waals surface area contributed by atoms with Gasteiger partial charge in [0.2, 0.25) is 17.7 Å². The fraction of sp³-hybridized carbons (Fsp3) is 0.771. The van der Waals surface area contributed by atoms with Gasteiger partial charge >= 0.3 is 5.97 Å². The maximum atomic E-state index is 15.0. The highest BCUT2D eigenvalue weighted by molar-refractivity contribution is 9.09. The van der Waals surface area contributed by atoms with Gasteiger partial charge in [0.05, 0.1) is 37.1 Å². The molecule has 3 aliphatic heterocycles. The molecule has 3 saturated heterocycles. The highest BCUT2D eigenvalue weighted by atomic mass is 79.9. The van der Waals surface area contributed by atoms with E-state index in [1.807, 2.05) is 27.7 Å². The number of halogens is 1. The minimum Gasteiger partial charge on any atom is -0.460 e. The number of nitrogens with zero attached hydrogens (tertiary/aromatic N) is 2. The molecule has 0 saturated carbocycles. The Morgan fingerprint density at radius 3 is 2.41 bits per heavy atom. The summed E-state index contributed by atoms with van der Waals surface area (Å²) < 4.78 is 12.5. The van der Waals surface area contributed by atoms with Gasteiger partial charge in [0.15, 0.2) is 0 Å². The molecule has 2 N–H and O–H groups in total. The molecule has 260 valence electrons. The molecule has 9 atom stereocenters. The average molecular weight is 711 g/mol. The molecule has 0 aliphatic carbocycles. The van der Waals surface area contributed by atoms with Crippen molar-refractivity contribution in [3.8, 4) is 0 Å². The number of aliphatic hydroxyl groups excluding tert-OH is 1. The molecule has 0 aromatic carbocycles. The molecule has 1 spiro atoms. The third-order valence-electron chi connectivity index (χ3n) is 9.83. The summed E-state index contributed by atoms with van der Waals surface area (Å²) in [7, 11) is 0. The number of nitrogens with one attached hydrogen (secondary N) is 1. The normalized spacial score (nSPS) is 29.1. The van der Waals surface area contributed by atoms with E-state index >= 15 is 4.79 Å². The number of allylic oxidation sites excluding steroid dienone is 1. The molecule has 3 heterocycles. The Kier molecular flexibility index (Phi) is 12.4. The third kappa shape index (κ3) is 7.57. The Hall–Kier alpha value is -2.24. The van der Waals surface area contributed by atoms with E-state index in [0.717, 1.165) is 0 Å². The van der Waals surface area contributed by atoms with Crippen LogP contribution in [0.4, 0.5) is 0 Å². The minimum absolute atomic E-state index is 0.0977. The van der Waals surface area contributed by atoms with Crippen molar-refractivity contribution in [1.29, 1.82) is 0 Å². The van der Waals surface area contributed by atoms with E-state index in [-0.39, 0.29) is 60.0 Å². The second-order valence-corrected chi connectivity index (χ2v) is 16.4. The summed E-state index contributed by atoms with van der Waals surface area (Å²) in [5.41, 5.74) is -2.00. The van der Waals surface area contributed by atoms with Crippen molar-refractivity contribution in [2.75, 3.05) is 19.7 Å². The standard InChI is InChI=1S/C35H56BrN3O7/c1-11-14-15-25(41)37-18-22(5)45-32(44)26-27-30(42)39(24(19-40)21(4)13-3)29(35(27)17-23(36)28(26)46-35)31(43)38(16-12-2)34(9,10)20-33(6,7)8/h11-12,21-24,26-29,40H,1-2,13-20H2,3-10H3,(H,37,41)/t21-,22+,23?,24-,26+,27-,28+,29+,35-/m0/s1. The number of fused-ring (bicyclic) bond motifs is 1. The summed E-state index contributed by atoms with van der Waals surface area (Å²) in [5.74, 6) is -3.48. The molecule has 10 nitrogen and oxygen atoms in total. The first-order valence-corrected chi connectivity index (χ1v) is 17.6. The Morgan fingerprint density at radius 2 is 1.87 bits per heavy atom. The van der Waals surface area contributed by atoms with Crippen molar-refractivity contribution < 1.29 is 33.8 Å². The molecule has 3 rings (SSSR count). The van der Waals surface area contributed by atoms with Crippen LogP contribution < -0.4 is 5.32 Å². The van der Waals surface area contributed by atoms with E-state index in [9.17, 15) is 19.5 Å². The first kappa shape index (κ1) is 38.2. The largest absolute Gasteiger partial charge is 0.460 e. The van der Waals surface area contributed by atoms with Crippen LogP contribution in [0.5, 0.6) is 0 Å². The smallest absolute Gasteiger partial charge is 0.312 e. The van der Waals surface area contributed by atoms with Gasteiger partial charge in [-0.3, -0.25) is 19.2 Å². The van der Waals surface area contributed by atoms with Gasteiger partial charge in [-0.25, -0.2) is 0 Å². The number of ether oxygens (including phenoxy) is 2. The second-order valence-electron chi connectivity index (χ2n) is 15.2. The lowest BCUT2D eigenvalue weighted by Crippen LogP contribution is -2.63. The summed E-state index contributed by atoms with van der Waals surface area (Å²) >= 11 is 3.72. The quantitative estimate of drug-likeness (QED) is 0.138. The van der Waals surface area contributed by atoms with Gasteiger partial charge in [-0.15, -0.1) is 13.2 Å². The lowest BCUT2D eigenvalue weighted by atomic mass is 9.70. The molecule has 11 heteroatoms. The number of amides is 3. The lowest BCUT2D eigenvalue weighted by Gasteiger charge is -2.47. The van der Waals surface area contributed by atoms with Crippen LogP contribution in [0.2, 0.25) is 0 Å². The van der Waals surface area contributed by atoms with Crippen molar-refractivity contribution >= 4 is 39.6 Å². The zero-order valence-electron chi connectivity index (χ0n) is 29.0. The number of likely N-dealkylation sites (tertiary alicyclic amines) is 1. The number of hydrogen-bond donors (Lipinski definition) is 2. The molecule has 3 aliphatic rings. The Labute approximate surface area is 283 Å². The Bertz CT molecular complexity index is 1170. The fourth-order valence-corrected chi connectivity index (χ4v) is 8.93. The Morgan fingerprint density at radius 1 is 1.22 bits per heavy atom. The summed E-state index contributed by atoms with van der Waals surface area (Å²) in [6, 6.07) is -1.71. The van der Waals surface area contributed by atoms with Crippen LogP contribution in [0.25, 0.3) is 0 Å². The molecule has 0 radical (unpaired) electrons. The van der Waals surface area contributed by atoms with Gasteiger partial charge in [0.25, 0.3) is 0 Å². The predicted molar refractivity (Wildman–Crippen MR) is 181 cm³/mol. The summed E-state index contributed by atoms with van der Waals surface area (Å²) in [6.07, 6.45) is 4.55. The summed E-state index contributed by atoms with van der Waals surface area (Å²) in [4.78, 5) is 58.7. The fourth-order valence-electron chi connectivity index (χ4n) is 7.99. The number of esters is 1. The van der Waals surface area contributed by atoms with Crippen LogP contribution in [0, 0.1) is 23.2 Å². The first-order valence-electron chi connectivity index (χ1n) is 16.7. The third-order valence-corrected chi connectivity index (χ3v) is 10.7. The van der Waals surface area contributed by atoms with Crippen molar-refractivity contribution in [2.45, 2.75) is 128 Å². The van der Waals surface area contributed by atoms with Crippen LogP contribution in [-0.2, 0) is 28.7 Å². The molecular weight excluding hydrogens is 654 g/mol. The van der Waals surface area contributed by atoms with Crippen molar-refractivity contribution in [1.82, 2.24) is 15.1 Å². The number of carbonyl (C=O) groups is 4. The Balaban J connectivity index is 2.05. The maximum absolute atomic E-state index is 15.0. The topological polar surface area (TPSA) is 125 Å². The van der Waals surface area contributed by atoms with Crippen LogP contribution in [0.3, 0.4) is 0 Å². The zero-order valence-corrected chi connectivity index (χ0v) is 30.6. The zero-order chi connectivity index (χ0) is 34.8. The molecule has 3 fully saturated rings. The average Bonchev–Trinajstić information content (AvgIpc) is 3.55. The van der Waals surface area contributed by atoms with E-state index in [0.29, 0.717) is 25.7 Å². The highest BCUT2D eigenvalue weighted by Crippen LogP contribution is 2.61. The van der Waals surface area contributed by atoms with Gasteiger partial charge in [-0.1, -0.05) is 69.1 Å². The lowest BCUT2D eigenvalue weighted by molar-refractivity contribution is -0.161. The summed E-state index contributed by atoms with van der Waals surface area (Å²) in [6.45, 7) is 23.6. The SMILES string of the molecule is C=CCCC(=O)NC[C@@H](C)OC(=O)[C@H]1[C@@H]2O[C@@]3(CC2Br)[C@@H]1C(=O)N([C@@H](CO)[C@@H](C)CC)[C@@H]3C(=O)N(CC=C)C(C)(C)CC(C)(C)C. The van der Waals surface area contributed by atoms with Crippen LogP contribution in [0.15, 0.2) is 25.3 Å². The van der Waals surface area contributed by atoms with E-state index in [1.54, 1.807) is 24.0 Å². The van der Waals surface area contributed by atoms with Crippen molar-refractivity contribution in [3.05, 3.63) is 25.3 Å². The maximum Gasteiger partial charge on any atom is 0.312 e. The second kappa shape index (κ2) is 14.9. The molecule has 46 heavy (non-hydrogen) atoms. The van der Waals surface area contributed by atoms with E-state index in [2.05, 4.69) is 55.2 Å². The first-order chi connectivity index (χ1) is 21.4. The predicted octanol–water partition coefficient (Wildman–Crippen LogP) is 4.38. The minimum atomic E-state index is -1.29. The van der Waals surface area contributed by atoms with Gasteiger partial charge in [-0.2, -0.15) is 0 Å². The van der Waals surface area contributed by atoms with E-state index in [4.69, 9.17) is 9.47 Å². The molecular formula is C35H56BrN3O7. The highest BCUT2D eigenvalue weighted by Gasteiger charge is 2.78. The number of alkyl halides is 1. The molecule has 3 amide bonds. The van der Waals surface area contributed by atoms with Crippen LogP contribution in [-0.4, -0.2) is 98.6 Å². The van der Waals surface area contributed by atoms with E-state index < -0.39 is 53.2 Å². The van der Waals surface area contributed by atoms with E-state index in [1.165, 1.54) is 4.90 Å². The van der Waals surface area contributed by atoms with Crippen LogP contribution in [0.1, 0.15) is 87.5 Å². The monoisotopic (exact) mass is 709 g/mol. The molecule has 1 unspecified atom stereocenters. The van der Waals surface area contributed by atoms with Gasteiger partial charge < -0.3 is 29.7 Å². The van der Waals surface area contributed by atoms with Crippen LogP contribution >= 0.6 is 15.9 Å². The summed E-state index contributed by atoms with van der Waals surface area (Å²) in [5, 5.41) is 13.4. The molecule has 0 aromatic heterocycles. The van der Waals surface area contributed by atoms with Gasteiger partial charge in [0, 0.05) is 23.3 Å². The van der Waals surface area contributed by atoms with Gasteiger partial charge in [-0.05, 0) is 51.4 Å². The number of carbonyl (C=O) groups excluding carboxylic acids is 4. The van der Waals surface area contributed by atoms with Crippen molar-refractivity contribution in [2.24, 2.45) is 23.2 Å². The number of aliphatic hydroxyl groups is 1. The number of hydrogen-bond acceptors (Lipinski definition) is 7.